The van der Waals surface area contributed by atoms with Gasteiger partial charge in [-0.2, -0.15) is 0 Å². The van der Waals surface area contributed by atoms with Gasteiger partial charge in [0.2, 0.25) is 0 Å². The molecule has 2 bridgehead atoms. The van der Waals surface area contributed by atoms with Crippen LogP contribution in [0.4, 0.5) is 0 Å². The fraction of sp³-hybridized carbons (Fsp3) is 0.667. The lowest BCUT2D eigenvalue weighted by atomic mass is 9.74. The SMILES string of the molecule is CC(C)c1cccc(C(C)C)c1C(=O)C1CC2CCCC(C1)N2. The van der Waals surface area contributed by atoms with Gasteiger partial charge in [0.15, 0.2) is 5.78 Å². The molecule has 3 rings (SSSR count). The van der Waals surface area contributed by atoms with E-state index >= 15 is 0 Å². The highest BCUT2D eigenvalue weighted by molar-refractivity contribution is 6.01. The molecule has 23 heavy (non-hydrogen) atoms. The third kappa shape index (κ3) is 3.38. The van der Waals surface area contributed by atoms with Crippen LogP contribution < -0.4 is 5.32 Å². The van der Waals surface area contributed by atoms with Crippen LogP contribution in [0.2, 0.25) is 0 Å². The van der Waals surface area contributed by atoms with Crippen LogP contribution in [0.15, 0.2) is 18.2 Å². The molecule has 2 heterocycles. The molecule has 2 atom stereocenters. The number of Topliss-reactive ketones (excluding diaryl/α,β-unsaturated/α-hetero) is 1. The van der Waals surface area contributed by atoms with Gasteiger partial charge in [-0.1, -0.05) is 52.3 Å². The second-order valence-electron chi connectivity index (χ2n) is 8.14. The molecule has 2 unspecified atom stereocenters. The van der Waals surface area contributed by atoms with Crippen LogP contribution in [-0.2, 0) is 0 Å². The molecule has 2 nitrogen and oxygen atoms in total. The summed E-state index contributed by atoms with van der Waals surface area (Å²) in [6, 6.07) is 7.56. The minimum absolute atomic E-state index is 0.212. The number of nitrogens with one attached hydrogen (secondary N) is 1. The number of carbonyl (C=O) groups is 1. The summed E-state index contributed by atoms with van der Waals surface area (Å²) in [7, 11) is 0. The number of hydrogen-bond donors (Lipinski definition) is 1. The van der Waals surface area contributed by atoms with E-state index in [2.05, 4.69) is 51.2 Å². The molecular weight excluding hydrogens is 282 g/mol. The topological polar surface area (TPSA) is 29.1 Å². The fourth-order valence-corrected chi connectivity index (χ4v) is 4.52. The van der Waals surface area contributed by atoms with Gasteiger partial charge in [-0.15, -0.1) is 0 Å². The summed E-state index contributed by atoms with van der Waals surface area (Å²) in [4.78, 5) is 13.5. The summed E-state index contributed by atoms with van der Waals surface area (Å²) < 4.78 is 0. The highest BCUT2D eigenvalue weighted by Crippen LogP contribution is 2.35. The van der Waals surface area contributed by atoms with Gasteiger partial charge in [0.1, 0.15) is 0 Å². The second kappa shape index (κ2) is 6.76. The Labute approximate surface area is 141 Å². The molecule has 2 fully saturated rings. The van der Waals surface area contributed by atoms with Crippen molar-refractivity contribution in [1.29, 1.82) is 0 Å². The van der Waals surface area contributed by atoms with E-state index in [1.807, 2.05) is 0 Å². The predicted octanol–water partition coefficient (Wildman–Crippen LogP) is 5.04. The van der Waals surface area contributed by atoms with Crippen molar-refractivity contribution in [3.05, 3.63) is 34.9 Å². The van der Waals surface area contributed by atoms with E-state index in [1.165, 1.54) is 30.4 Å². The standard InChI is InChI=1S/C21H31NO/c1-13(2)18-9-6-10-19(14(3)4)20(18)21(23)15-11-16-7-5-8-17(12-15)22-16/h6,9-10,13-17,22H,5,7-8,11-12H2,1-4H3. The lowest BCUT2D eigenvalue weighted by Crippen LogP contribution is -2.50. The lowest BCUT2D eigenvalue weighted by Gasteiger charge is -2.40. The van der Waals surface area contributed by atoms with Crippen LogP contribution in [0.25, 0.3) is 0 Å². The maximum atomic E-state index is 13.5. The second-order valence-corrected chi connectivity index (χ2v) is 8.14. The van der Waals surface area contributed by atoms with Crippen molar-refractivity contribution in [2.75, 3.05) is 0 Å². The van der Waals surface area contributed by atoms with Crippen molar-refractivity contribution in [3.8, 4) is 0 Å². The van der Waals surface area contributed by atoms with Gasteiger partial charge >= 0.3 is 0 Å². The average molecular weight is 313 g/mol. The van der Waals surface area contributed by atoms with Gasteiger partial charge in [-0.25, -0.2) is 0 Å². The van der Waals surface area contributed by atoms with E-state index in [1.54, 1.807) is 0 Å². The number of piperidine rings is 2. The van der Waals surface area contributed by atoms with Gasteiger partial charge in [0.05, 0.1) is 0 Å². The zero-order valence-corrected chi connectivity index (χ0v) is 15.1. The van der Waals surface area contributed by atoms with Crippen molar-refractivity contribution in [3.63, 3.8) is 0 Å². The van der Waals surface area contributed by atoms with Crippen LogP contribution in [0.3, 0.4) is 0 Å². The molecule has 2 aliphatic heterocycles. The van der Waals surface area contributed by atoms with Gasteiger partial charge < -0.3 is 5.32 Å². The predicted molar refractivity (Wildman–Crippen MR) is 96.2 cm³/mol. The largest absolute Gasteiger partial charge is 0.311 e. The van der Waals surface area contributed by atoms with Crippen molar-refractivity contribution in [2.24, 2.45) is 5.92 Å². The Kier molecular flexibility index (Phi) is 4.91. The van der Waals surface area contributed by atoms with E-state index in [-0.39, 0.29) is 5.92 Å². The van der Waals surface area contributed by atoms with Gasteiger partial charge in [-0.05, 0) is 48.6 Å². The van der Waals surface area contributed by atoms with E-state index in [0.717, 1.165) is 18.4 Å². The first-order valence-corrected chi connectivity index (χ1v) is 9.40. The first-order chi connectivity index (χ1) is 11.0. The van der Waals surface area contributed by atoms with Crippen molar-refractivity contribution < 1.29 is 4.79 Å². The van der Waals surface area contributed by atoms with Crippen LogP contribution in [0.1, 0.15) is 93.1 Å². The Morgan fingerprint density at radius 3 is 2.00 bits per heavy atom. The lowest BCUT2D eigenvalue weighted by molar-refractivity contribution is 0.0822. The fourth-order valence-electron chi connectivity index (χ4n) is 4.52. The van der Waals surface area contributed by atoms with E-state index < -0.39 is 0 Å². The molecule has 2 saturated heterocycles. The number of rotatable bonds is 4. The molecule has 2 heteroatoms. The molecule has 0 spiro atoms. The zero-order chi connectivity index (χ0) is 16.6. The minimum atomic E-state index is 0.212. The van der Waals surface area contributed by atoms with E-state index in [9.17, 15) is 4.79 Å². The van der Waals surface area contributed by atoms with Crippen LogP contribution in [-0.4, -0.2) is 17.9 Å². The normalized spacial score (nSPS) is 27.5. The van der Waals surface area contributed by atoms with E-state index in [0.29, 0.717) is 29.7 Å². The highest BCUT2D eigenvalue weighted by atomic mass is 16.1. The Balaban J connectivity index is 1.95. The van der Waals surface area contributed by atoms with Crippen molar-refractivity contribution in [2.45, 2.75) is 83.7 Å². The molecule has 0 aromatic heterocycles. The molecule has 2 aliphatic rings. The van der Waals surface area contributed by atoms with Crippen LogP contribution in [0, 0.1) is 5.92 Å². The Morgan fingerprint density at radius 2 is 1.52 bits per heavy atom. The number of benzene rings is 1. The maximum Gasteiger partial charge on any atom is 0.166 e. The highest BCUT2D eigenvalue weighted by Gasteiger charge is 2.36. The molecule has 1 aromatic rings. The maximum absolute atomic E-state index is 13.5. The third-order valence-corrected chi connectivity index (χ3v) is 5.70. The van der Waals surface area contributed by atoms with Crippen molar-refractivity contribution in [1.82, 2.24) is 5.32 Å². The molecular formula is C21H31NO. The smallest absolute Gasteiger partial charge is 0.166 e. The number of fused-ring (bicyclic) bond motifs is 2. The number of carbonyl (C=O) groups excluding carboxylic acids is 1. The first kappa shape index (κ1) is 16.7. The summed E-state index contributed by atoms with van der Waals surface area (Å²) in [6.07, 6.45) is 5.86. The third-order valence-electron chi connectivity index (χ3n) is 5.70. The summed E-state index contributed by atoms with van der Waals surface area (Å²) in [5, 5.41) is 3.71. The van der Waals surface area contributed by atoms with Crippen LogP contribution in [0.5, 0.6) is 0 Å². The summed E-state index contributed by atoms with van der Waals surface area (Å²) in [5.74, 6) is 1.42. The van der Waals surface area contributed by atoms with Crippen molar-refractivity contribution >= 4 is 5.78 Å². The number of hydrogen-bond acceptors (Lipinski definition) is 2. The summed E-state index contributed by atoms with van der Waals surface area (Å²) >= 11 is 0. The molecule has 1 aromatic carbocycles. The monoisotopic (exact) mass is 313 g/mol. The Bertz CT molecular complexity index is 537. The molecule has 0 aliphatic carbocycles. The minimum Gasteiger partial charge on any atom is -0.311 e. The summed E-state index contributed by atoms with van der Waals surface area (Å²) in [6.45, 7) is 8.81. The Morgan fingerprint density at radius 1 is 1.00 bits per heavy atom. The van der Waals surface area contributed by atoms with Gasteiger partial charge in [0, 0.05) is 23.6 Å². The van der Waals surface area contributed by atoms with E-state index in [4.69, 9.17) is 0 Å². The number of ketones is 1. The quantitative estimate of drug-likeness (QED) is 0.789. The van der Waals surface area contributed by atoms with Gasteiger partial charge in [0.25, 0.3) is 0 Å². The van der Waals surface area contributed by atoms with Gasteiger partial charge in [-0.3, -0.25) is 4.79 Å². The molecule has 1 N–H and O–H groups in total. The molecule has 0 amide bonds. The molecule has 126 valence electrons. The molecule has 0 radical (unpaired) electrons. The average Bonchev–Trinajstić information content (AvgIpc) is 2.52. The van der Waals surface area contributed by atoms with Crippen LogP contribution >= 0.6 is 0 Å². The zero-order valence-electron chi connectivity index (χ0n) is 15.1. The Hall–Kier alpha value is -1.15. The molecule has 0 saturated carbocycles. The summed E-state index contributed by atoms with van der Waals surface area (Å²) in [5.41, 5.74) is 3.53. The first-order valence-electron chi connectivity index (χ1n) is 9.40.